The molecule has 0 spiro atoms. The fourth-order valence-corrected chi connectivity index (χ4v) is 3.80. The molecule has 2 heterocycles. The molecule has 0 aromatic heterocycles. The van der Waals surface area contributed by atoms with E-state index in [9.17, 15) is 13.5 Å². The summed E-state index contributed by atoms with van der Waals surface area (Å²) in [7, 11) is -3.17. The number of rotatable bonds is 6. The summed E-state index contributed by atoms with van der Waals surface area (Å²) in [5, 5.41) is 13.8. The van der Waals surface area contributed by atoms with Crippen LogP contribution in [0.1, 0.15) is 5.56 Å². The van der Waals surface area contributed by atoms with E-state index in [1.807, 2.05) is 0 Å². The van der Waals surface area contributed by atoms with Gasteiger partial charge in [-0.1, -0.05) is 12.1 Å². The lowest BCUT2D eigenvalue weighted by Gasteiger charge is -2.30. The second kappa shape index (κ2) is 8.11. The lowest BCUT2D eigenvalue weighted by Crippen LogP contribution is -2.47. The quantitative estimate of drug-likeness (QED) is 0.707. The van der Waals surface area contributed by atoms with Crippen molar-refractivity contribution < 1.29 is 23.0 Å². The Labute approximate surface area is 148 Å². The van der Waals surface area contributed by atoms with Crippen LogP contribution in [0.15, 0.2) is 29.2 Å². The van der Waals surface area contributed by atoms with Crippen molar-refractivity contribution in [2.45, 2.75) is 29.7 Å². The van der Waals surface area contributed by atoms with Gasteiger partial charge in [0.1, 0.15) is 0 Å². The standard InChI is InChI=1S/C17H26N2O5S/c1-25(21,22)14-4-2-13(3-5-14)10-18-15-12-24-16(17(15)20)11-19-6-8-23-9-7-19/h2-5,15-18,20H,6-12H2,1H3. The molecule has 3 rings (SSSR count). The van der Waals surface area contributed by atoms with Gasteiger partial charge >= 0.3 is 0 Å². The average Bonchev–Trinajstić information content (AvgIpc) is 2.94. The van der Waals surface area contributed by atoms with Crippen LogP contribution in [-0.4, -0.2) is 82.4 Å². The van der Waals surface area contributed by atoms with E-state index in [2.05, 4.69) is 10.2 Å². The molecule has 140 valence electrons. The SMILES string of the molecule is CS(=O)(=O)c1ccc(CNC2COC(CN3CCOCC3)C2O)cc1. The molecule has 0 aliphatic carbocycles. The van der Waals surface area contributed by atoms with Gasteiger partial charge in [-0.15, -0.1) is 0 Å². The molecule has 8 heteroatoms. The normalized spacial score (nSPS) is 28.3. The first-order valence-electron chi connectivity index (χ1n) is 8.55. The summed E-state index contributed by atoms with van der Waals surface area (Å²) < 4.78 is 34.0. The van der Waals surface area contributed by atoms with Gasteiger partial charge < -0.3 is 19.9 Å². The van der Waals surface area contributed by atoms with Crippen LogP contribution in [0.3, 0.4) is 0 Å². The number of hydrogen-bond donors (Lipinski definition) is 2. The van der Waals surface area contributed by atoms with Crippen molar-refractivity contribution >= 4 is 9.84 Å². The number of benzene rings is 1. The molecular formula is C17H26N2O5S. The van der Waals surface area contributed by atoms with Gasteiger partial charge in [0.25, 0.3) is 0 Å². The fraction of sp³-hybridized carbons (Fsp3) is 0.647. The van der Waals surface area contributed by atoms with E-state index in [-0.39, 0.29) is 12.1 Å². The van der Waals surface area contributed by atoms with E-state index >= 15 is 0 Å². The summed E-state index contributed by atoms with van der Waals surface area (Å²) in [6.45, 7) is 4.94. The molecule has 2 fully saturated rings. The molecule has 2 saturated heterocycles. The van der Waals surface area contributed by atoms with Gasteiger partial charge in [0, 0.05) is 32.4 Å². The van der Waals surface area contributed by atoms with Crippen molar-refractivity contribution in [1.29, 1.82) is 0 Å². The number of aliphatic hydroxyl groups is 1. The minimum absolute atomic E-state index is 0.124. The zero-order chi connectivity index (χ0) is 17.9. The molecule has 0 saturated carbocycles. The molecule has 2 aliphatic rings. The maximum absolute atomic E-state index is 11.5. The Bertz CT molecular complexity index is 658. The van der Waals surface area contributed by atoms with Gasteiger partial charge in [-0.25, -0.2) is 8.42 Å². The fourth-order valence-electron chi connectivity index (χ4n) is 3.17. The molecule has 3 atom stereocenters. The lowest BCUT2D eigenvalue weighted by atomic mass is 10.1. The number of hydrogen-bond acceptors (Lipinski definition) is 7. The summed E-state index contributed by atoms with van der Waals surface area (Å²) in [4.78, 5) is 2.56. The molecule has 0 bridgehead atoms. The first-order valence-corrected chi connectivity index (χ1v) is 10.4. The molecule has 3 unspecified atom stereocenters. The first kappa shape index (κ1) is 18.8. The maximum atomic E-state index is 11.5. The smallest absolute Gasteiger partial charge is 0.175 e. The van der Waals surface area contributed by atoms with E-state index < -0.39 is 15.9 Å². The molecule has 0 amide bonds. The van der Waals surface area contributed by atoms with Gasteiger partial charge in [-0.05, 0) is 17.7 Å². The maximum Gasteiger partial charge on any atom is 0.175 e. The van der Waals surface area contributed by atoms with Crippen LogP contribution < -0.4 is 5.32 Å². The summed E-state index contributed by atoms with van der Waals surface area (Å²) in [6, 6.07) is 6.67. The van der Waals surface area contributed by atoms with Crippen LogP contribution in [0.2, 0.25) is 0 Å². The van der Waals surface area contributed by atoms with Crippen LogP contribution in [-0.2, 0) is 25.9 Å². The number of aliphatic hydroxyl groups excluding tert-OH is 1. The Hall–Kier alpha value is -1.03. The Balaban J connectivity index is 1.48. The zero-order valence-corrected chi connectivity index (χ0v) is 15.2. The van der Waals surface area contributed by atoms with Crippen molar-refractivity contribution in [3.05, 3.63) is 29.8 Å². The molecular weight excluding hydrogens is 344 g/mol. The van der Waals surface area contributed by atoms with Crippen molar-refractivity contribution in [2.24, 2.45) is 0 Å². The Morgan fingerprint density at radius 1 is 1.24 bits per heavy atom. The van der Waals surface area contributed by atoms with E-state index in [1.54, 1.807) is 24.3 Å². The van der Waals surface area contributed by atoms with Gasteiger partial charge in [0.15, 0.2) is 9.84 Å². The third kappa shape index (κ3) is 4.99. The Kier molecular flexibility index (Phi) is 6.08. The summed E-state index contributed by atoms with van der Waals surface area (Å²) in [6.07, 6.45) is 0.447. The monoisotopic (exact) mass is 370 g/mol. The lowest BCUT2D eigenvalue weighted by molar-refractivity contribution is -0.0181. The summed E-state index contributed by atoms with van der Waals surface area (Å²) >= 11 is 0. The second-order valence-corrected chi connectivity index (χ2v) is 8.69. The minimum Gasteiger partial charge on any atom is -0.389 e. The van der Waals surface area contributed by atoms with Gasteiger partial charge in [-0.3, -0.25) is 4.90 Å². The Morgan fingerprint density at radius 3 is 2.56 bits per heavy atom. The zero-order valence-electron chi connectivity index (χ0n) is 14.4. The highest BCUT2D eigenvalue weighted by atomic mass is 32.2. The highest BCUT2D eigenvalue weighted by Gasteiger charge is 2.36. The van der Waals surface area contributed by atoms with Gasteiger partial charge in [0.2, 0.25) is 0 Å². The highest BCUT2D eigenvalue weighted by molar-refractivity contribution is 7.90. The molecule has 2 N–H and O–H groups in total. The van der Waals surface area contributed by atoms with Crippen molar-refractivity contribution in [3.8, 4) is 0 Å². The Morgan fingerprint density at radius 2 is 1.92 bits per heavy atom. The van der Waals surface area contributed by atoms with Gasteiger partial charge in [-0.2, -0.15) is 0 Å². The largest absolute Gasteiger partial charge is 0.389 e. The van der Waals surface area contributed by atoms with Crippen LogP contribution >= 0.6 is 0 Å². The van der Waals surface area contributed by atoms with E-state index in [0.717, 1.165) is 31.9 Å². The third-order valence-corrected chi connectivity index (χ3v) is 5.87. The summed E-state index contributed by atoms with van der Waals surface area (Å²) in [5.41, 5.74) is 0.969. The number of morpholine rings is 1. The predicted molar refractivity (Wildman–Crippen MR) is 93.2 cm³/mol. The molecule has 1 aromatic rings. The van der Waals surface area contributed by atoms with Crippen molar-refractivity contribution in [3.63, 3.8) is 0 Å². The van der Waals surface area contributed by atoms with Gasteiger partial charge in [0.05, 0.1) is 43.0 Å². The minimum atomic E-state index is -3.17. The first-order chi connectivity index (χ1) is 11.9. The third-order valence-electron chi connectivity index (χ3n) is 4.74. The van der Waals surface area contributed by atoms with Crippen LogP contribution in [0.25, 0.3) is 0 Å². The molecule has 0 radical (unpaired) electrons. The topological polar surface area (TPSA) is 88.1 Å². The number of ether oxygens (including phenoxy) is 2. The van der Waals surface area contributed by atoms with Crippen molar-refractivity contribution in [1.82, 2.24) is 10.2 Å². The molecule has 25 heavy (non-hydrogen) atoms. The van der Waals surface area contributed by atoms with Crippen LogP contribution in [0.5, 0.6) is 0 Å². The molecule has 2 aliphatic heterocycles. The van der Waals surface area contributed by atoms with E-state index in [0.29, 0.717) is 24.6 Å². The van der Waals surface area contributed by atoms with Crippen LogP contribution in [0, 0.1) is 0 Å². The number of nitrogens with zero attached hydrogens (tertiary/aromatic N) is 1. The van der Waals surface area contributed by atoms with Crippen molar-refractivity contribution in [2.75, 3.05) is 45.7 Å². The average molecular weight is 370 g/mol. The number of sulfone groups is 1. The number of nitrogens with one attached hydrogen (secondary N) is 1. The van der Waals surface area contributed by atoms with E-state index in [4.69, 9.17) is 9.47 Å². The second-order valence-electron chi connectivity index (χ2n) is 6.68. The predicted octanol–water partition coefficient (Wildman–Crippen LogP) is -0.360. The highest BCUT2D eigenvalue weighted by Crippen LogP contribution is 2.17. The molecule has 7 nitrogen and oxygen atoms in total. The molecule has 1 aromatic carbocycles. The van der Waals surface area contributed by atoms with Crippen LogP contribution in [0.4, 0.5) is 0 Å². The van der Waals surface area contributed by atoms with E-state index in [1.165, 1.54) is 6.26 Å². The summed E-state index contributed by atoms with van der Waals surface area (Å²) in [5.74, 6) is 0.